The van der Waals surface area contributed by atoms with Crippen molar-refractivity contribution in [2.24, 2.45) is 0 Å². The minimum atomic E-state index is 0.446. The number of rotatable bonds is 5. The molecule has 0 saturated carbocycles. The van der Waals surface area contributed by atoms with Crippen molar-refractivity contribution in [3.63, 3.8) is 0 Å². The first-order valence-corrected chi connectivity index (χ1v) is 8.89. The van der Waals surface area contributed by atoms with Gasteiger partial charge in [0.05, 0.1) is 24.0 Å². The van der Waals surface area contributed by atoms with Crippen molar-refractivity contribution >= 4 is 16.6 Å². The van der Waals surface area contributed by atoms with Crippen LogP contribution in [-0.2, 0) is 4.74 Å². The Labute approximate surface area is 147 Å². The van der Waals surface area contributed by atoms with Gasteiger partial charge in [-0.25, -0.2) is 0 Å². The normalized spacial score (nSPS) is 15.4. The van der Waals surface area contributed by atoms with E-state index in [1.54, 1.807) is 0 Å². The summed E-state index contributed by atoms with van der Waals surface area (Å²) in [7, 11) is 0. The summed E-state index contributed by atoms with van der Waals surface area (Å²) < 4.78 is 11.3. The van der Waals surface area contributed by atoms with E-state index in [1.165, 1.54) is 0 Å². The van der Waals surface area contributed by atoms with E-state index < -0.39 is 0 Å². The molecule has 2 heterocycles. The van der Waals surface area contributed by atoms with Gasteiger partial charge in [0.25, 0.3) is 0 Å². The van der Waals surface area contributed by atoms with Crippen LogP contribution in [0.5, 0.6) is 5.75 Å². The Bertz CT molecular complexity index is 853. The van der Waals surface area contributed by atoms with Crippen LogP contribution in [0.15, 0.2) is 42.6 Å². The number of para-hydroxylation sites is 1. The number of anilines is 1. The molecule has 1 fully saturated rings. The molecule has 1 aliphatic heterocycles. The molecule has 25 heavy (non-hydrogen) atoms. The standard InChI is InChI=1S/C20H23N3O2/c1-2-25-19-6-4-3-5-16(19)15-7-8-18(20-17(15)13-21-23-20)22-14-9-11-24-12-10-14/h3-8,13-14,22H,2,9-12H2,1H3,(H,21,23). The summed E-state index contributed by atoms with van der Waals surface area (Å²) in [4.78, 5) is 0. The van der Waals surface area contributed by atoms with Crippen molar-refractivity contribution in [2.75, 3.05) is 25.1 Å². The smallest absolute Gasteiger partial charge is 0.127 e. The van der Waals surface area contributed by atoms with Gasteiger partial charge in [-0.1, -0.05) is 24.3 Å². The molecule has 0 spiro atoms. The second-order valence-electron chi connectivity index (χ2n) is 6.28. The van der Waals surface area contributed by atoms with Crippen LogP contribution in [0, 0.1) is 0 Å². The molecule has 0 atom stereocenters. The van der Waals surface area contributed by atoms with Crippen LogP contribution in [-0.4, -0.2) is 36.1 Å². The molecule has 2 aromatic carbocycles. The predicted octanol–water partition coefficient (Wildman–Crippen LogP) is 4.22. The Balaban J connectivity index is 1.73. The van der Waals surface area contributed by atoms with Gasteiger partial charge in [-0.05, 0) is 37.5 Å². The zero-order chi connectivity index (χ0) is 17.1. The van der Waals surface area contributed by atoms with Crippen molar-refractivity contribution in [1.29, 1.82) is 0 Å². The molecular formula is C20H23N3O2. The van der Waals surface area contributed by atoms with Crippen molar-refractivity contribution in [3.8, 4) is 16.9 Å². The molecule has 5 nitrogen and oxygen atoms in total. The van der Waals surface area contributed by atoms with Crippen LogP contribution in [0.25, 0.3) is 22.0 Å². The lowest BCUT2D eigenvalue weighted by molar-refractivity contribution is 0.0905. The van der Waals surface area contributed by atoms with Gasteiger partial charge in [0, 0.05) is 30.2 Å². The number of aromatic amines is 1. The Kier molecular flexibility index (Phi) is 4.57. The summed E-state index contributed by atoms with van der Waals surface area (Å²) in [6.07, 6.45) is 3.96. The lowest BCUT2D eigenvalue weighted by Gasteiger charge is -2.24. The number of aromatic nitrogens is 2. The molecular weight excluding hydrogens is 314 g/mol. The van der Waals surface area contributed by atoms with E-state index in [-0.39, 0.29) is 0 Å². The van der Waals surface area contributed by atoms with E-state index >= 15 is 0 Å². The first-order chi connectivity index (χ1) is 12.4. The maximum absolute atomic E-state index is 5.81. The number of fused-ring (bicyclic) bond motifs is 1. The van der Waals surface area contributed by atoms with Crippen molar-refractivity contribution in [2.45, 2.75) is 25.8 Å². The van der Waals surface area contributed by atoms with E-state index in [0.717, 1.165) is 59.5 Å². The quantitative estimate of drug-likeness (QED) is 0.732. The van der Waals surface area contributed by atoms with Crippen molar-refractivity contribution in [3.05, 3.63) is 42.6 Å². The van der Waals surface area contributed by atoms with Crippen LogP contribution in [0.2, 0.25) is 0 Å². The molecule has 0 amide bonds. The highest BCUT2D eigenvalue weighted by Gasteiger charge is 2.17. The third-order valence-corrected chi connectivity index (χ3v) is 4.67. The summed E-state index contributed by atoms with van der Waals surface area (Å²) in [6, 6.07) is 12.9. The van der Waals surface area contributed by atoms with Gasteiger partial charge < -0.3 is 14.8 Å². The number of H-pyrrole nitrogens is 1. The largest absolute Gasteiger partial charge is 0.493 e. The van der Waals surface area contributed by atoms with Gasteiger partial charge >= 0.3 is 0 Å². The van der Waals surface area contributed by atoms with Gasteiger partial charge in [0.15, 0.2) is 0 Å². The molecule has 0 bridgehead atoms. The van der Waals surface area contributed by atoms with E-state index in [0.29, 0.717) is 12.6 Å². The van der Waals surface area contributed by atoms with Crippen LogP contribution < -0.4 is 10.1 Å². The Morgan fingerprint density at radius 3 is 2.84 bits per heavy atom. The number of benzene rings is 2. The maximum Gasteiger partial charge on any atom is 0.127 e. The summed E-state index contributed by atoms with van der Waals surface area (Å²) >= 11 is 0. The molecule has 1 aliphatic rings. The first kappa shape index (κ1) is 16.0. The van der Waals surface area contributed by atoms with Crippen LogP contribution in [0.1, 0.15) is 19.8 Å². The molecule has 1 saturated heterocycles. The summed E-state index contributed by atoms with van der Waals surface area (Å²) in [6.45, 7) is 4.30. The van der Waals surface area contributed by atoms with E-state index in [4.69, 9.17) is 9.47 Å². The number of hydrogen-bond acceptors (Lipinski definition) is 4. The number of hydrogen-bond donors (Lipinski definition) is 2. The van der Waals surface area contributed by atoms with Gasteiger partial charge in [-0.15, -0.1) is 0 Å². The highest BCUT2D eigenvalue weighted by Crippen LogP contribution is 2.37. The average molecular weight is 337 g/mol. The lowest BCUT2D eigenvalue weighted by atomic mass is 9.99. The second-order valence-corrected chi connectivity index (χ2v) is 6.28. The minimum absolute atomic E-state index is 0.446. The third kappa shape index (κ3) is 3.20. The Hall–Kier alpha value is -2.53. The monoisotopic (exact) mass is 337 g/mol. The lowest BCUT2D eigenvalue weighted by Crippen LogP contribution is -2.27. The van der Waals surface area contributed by atoms with Gasteiger partial charge in [-0.3, -0.25) is 5.10 Å². The number of ether oxygens (including phenoxy) is 2. The van der Waals surface area contributed by atoms with Crippen LogP contribution >= 0.6 is 0 Å². The SMILES string of the molecule is CCOc1ccccc1-c1ccc(NC2CCOCC2)c2[nH]ncc12. The minimum Gasteiger partial charge on any atom is -0.493 e. The summed E-state index contributed by atoms with van der Waals surface area (Å²) in [5.74, 6) is 0.901. The van der Waals surface area contributed by atoms with Crippen LogP contribution in [0.4, 0.5) is 5.69 Å². The van der Waals surface area contributed by atoms with Crippen molar-refractivity contribution < 1.29 is 9.47 Å². The zero-order valence-corrected chi connectivity index (χ0v) is 14.4. The molecule has 5 heteroatoms. The fourth-order valence-electron chi connectivity index (χ4n) is 3.42. The first-order valence-electron chi connectivity index (χ1n) is 8.89. The average Bonchev–Trinajstić information content (AvgIpc) is 3.14. The van der Waals surface area contributed by atoms with Gasteiger partial charge in [0.2, 0.25) is 0 Å². The van der Waals surface area contributed by atoms with E-state index in [2.05, 4.69) is 33.7 Å². The van der Waals surface area contributed by atoms with Gasteiger partial charge in [-0.2, -0.15) is 5.10 Å². The third-order valence-electron chi connectivity index (χ3n) is 4.67. The molecule has 3 aromatic rings. The predicted molar refractivity (Wildman–Crippen MR) is 100 cm³/mol. The summed E-state index contributed by atoms with van der Waals surface area (Å²) in [5, 5.41) is 12.2. The molecule has 4 rings (SSSR count). The second kappa shape index (κ2) is 7.15. The Morgan fingerprint density at radius 1 is 1.16 bits per heavy atom. The van der Waals surface area contributed by atoms with Gasteiger partial charge in [0.1, 0.15) is 5.75 Å². The molecule has 0 radical (unpaired) electrons. The topological polar surface area (TPSA) is 59.2 Å². The highest BCUT2D eigenvalue weighted by atomic mass is 16.5. The van der Waals surface area contributed by atoms with E-state index in [9.17, 15) is 0 Å². The highest BCUT2D eigenvalue weighted by molar-refractivity contribution is 6.02. The fraction of sp³-hybridized carbons (Fsp3) is 0.350. The zero-order valence-electron chi connectivity index (χ0n) is 14.4. The number of nitrogens with zero attached hydrogens (tertiary/aromatic N) is 1. The maximum atomic E-state index is 5.81. The van der Waals surface area contributed by atoms with Crippen LogP contribution in [0.3, 0.4) is 0 Å². The Morgan fingerprint density at radius 2 is 2.00 bits per heavy atom. The summed E-state index contributed by atoms with van der Waals surface area (Å²) in [5.41, 5.74) is 4.35. The van der Waals surface area contributed by atoms with Crippen molar-refractivity contribution in [1.82, 2.24) is 10.2 Å². The number of nitrogens with one attached hydrogen (secondary N) is 2. The van der Waals surface area contributed by atoms with E-state index in [1.807, 2.05) is 31.3 Å². The molecule has 130 valence electrons. The molecule has 2 N–H and O–H groups in total. The molecule has 0 aliphatic carbocycles. The fourth-order valence-corrected chi connectivity index (χ4v) is 3.42. The molecule has 0 unspecified atom stereocenters. The molecule has 1 aromatic heterocycles.